The van der Waals surface area contributed by atoms with Gasteiger partial charge in [0, 0.05) is 52.5 Å². The number of carbonyl (C=O) groups excluding carboxylic acids is 1. The van der Waals surface area contributed by atoms with E-state index in [2.05, 4.69) is 15.3 Å². The van der Waals surface area contributed by atoms with Gasteiger partial charge in [-0.2, -0.15) is 5.26 Å². The molecule has 2 aromatic heterocycles. The van der Waals surface area contributed by atoms with Crippen LogP contribution >= 0.6 is 11.6 Å². The highest BCUT2D eigenvalue weighted by molar-refractivity contribution is 6.32. The number of aryl methyl sites for hydroxylation is 1. The van der Waals surface area contributed by atoms with Crippen molar-refractivity contribution in [3.63, 3.8) is 0 Å². The van der Waals surface area contributed by atoms with Gasteiger partial charge in [0.25, 0.3) is 0 Å². The average molecular weight is 595 g/mol. The van der Waals surface area contributed by atoms with Crippen LogP contribution in [0.25, 0.3) is 10.9 Å². The number of anilines is 3. The van der Waals surface area contributed by atoms with Crippen molar-refractivity contribution in [2.45, 2.75) is 20.3 Å². The SMILES string of the molecule is [2H]/C(C(=O)N([2H])c1c(OC([2H])([2H])C([2H])([2H])[2H])c([2H])c2nc([2H])c(C#N)c(Nc3c([2H])c([2H])c(OC([2H])([2H])c4nc(C)c([2H])c([2H])c4[2H])c(Cl)c3[2H])c2c1[2H])=C(/[2H])C([2H])([2H])N(C)C([2H])([2H])[2H]. The number of ether oxygens (including phenoxy) is 2. The zero-order chi connectivity index (χ0) is 50.2. The number of amides is 1. The monoisotopic (exact) mass is 594 g/mol. The number of benzene rings is 2. The van der Waals surface area contributed by atoms with E-state index in [4.69, 9.17) is 54.0 Å². The third kappa shape index (κ3) is 7.72. The van der Waals surface area contributed by atoms with Crippen LogP contribution in [0.1, 0.15) is 55.3 Å². The van der Waals surface area contributed by atoms with Gasteiger partial charge in [-0.1, -0.05) is 23.7 Å². The van der Waals surface area contributed by atoms with Crippen molar-refractivity contribution in [1.29, 1.82) is 5.26 Å². The van der Waals surface area contributed by atoms with Gasteiger partial charge < -0.3 is 25.0 Å². The van der Waals surface area contributed by atoms with E-state index < -0.39 is 167 Å². The minimum Gasteiger partial charge on any atom is -0.492 e. The van der Waals surface area contributed by atoms with E-state index in [0.717, 1.165) is 0 Å². The van der Waals surface area contributed by atoms with E-state index in [-0.39, 0.29) is 10.6 Å². The fourth-order valence-electron chi connectivity index (χ4n) is 2.91. The normalized spacial score (nSPS) is 21.6. The van der Waals surface area contributed by atoms with Crippen molar-refractivity contribution in [1.82, 2.24) is 14.9 Å². The summed E-state index contributed by atoms with van der Waals surface area (Å²) in [5, 5.41) is 10.2. The molecule has 9 nitrogen and oxygen atoms in total. The number of hydrogen-bond acceptors (Lipinski definition) is 8. The number of fused-ring (bicyclic) bond motifs is 1. The minimum absolute atomic E-state index is 0.0150. The van der Waals surface area contributed by atoms with Crippen molar-refractivity contribution < 1.29 is 47.2 Å². The summed E-state index contributed by atoms with van der Waals surface area (Å²) in [5.41, 5.74) is -6.02. The Kier molecular flexibility index (Phi) is 3.76. The molecule has 41 heavy (non-hydrogen) atoms. The average Bonchev–Trinajstić information content (AvgIpc) is 3.20. The lowest BCUT2D eigenvalue weighted by molar-refractivity contribution is -0.111. The second-order valence-electron chi connectivity index (χ2n) is 7.42. The lowest BCUT2D eigenvalue weighted by Crippen LogP contribution is -2.13. The van der Waals surface area contributed by atoms with Crippen molar-refractivity contribution in [3.05, 3.63) is 88.6 Å². The number of nitrogens with one attached hydrogen (secondary N) is 2. The number of nitrogens with zero attached hydrogens (tertiary/aromatic N) is 4. The maximum Gasteiger partial charge on any atom is 0.248 e. The summed E-state index contributed by atoms with van der Waals surface area (Å²) < 4.78 is 207. The Labute approximate surface area is 278 Å². The number of likely N-dealkylation sites (N-methyl/N-ethyl adjacent to an activating group) is 1. The third-order valence-electron chi connectivity index (χ3n) is 4.52. The second-order valence-corrected chi connectivity index (χ2v) is 7.80. The van der Waals surface area contributed by atoms with E-state index >= 15 is 0 Å². The molecule has 0 aliphatic carbocycles. The van der Waals surface area contributed by atoms with Crippen molar-refractivity contribution in [2.75, 3.05) is 37.7 Å². The molecule has 1 amide bonds. The molecular weight excluding hydrogens is 540 g/mol. The van der Waals surface area contributed by atoms with Gasteiger partial charge in [0.2, 0.25) is 5.91 Å². The van der Waals surface area contributed by atoms with E-state index in [0.29, 0.717) is 7.05 Å². The molecule has 210 valence electrons. The first-order valence-corrected chi connectivity index (χ1v) is 11.3. The van der Waals surface area contributed by atoms with Crippen molar-refractivity contribution in [3.8, 4) is 17.6 Å². The molecule has 0 saturated carbocycles. The zero-order valence-corrected chi connectivity index (χ0v) is 21.6. The molecule has 4 aromatic rings. The van der Waals surface area contributed by atoms with Gasteiger partial charge in [-0.15, -0.1) is 0 Å². The summed E-state index contributed by atoms with van der Waals surface area (Å²) in [6.45, 7) is -16.2. The molecule has 0 bridgehead atoms. The van der Waals surface area contributed by atoms with Crippen LogP contribution < -0.4 is 20.1 Å². The number of nitriles is 1. The molecule has 4 rings (SSSR count). The molecule has 2 N–H and O–H groups in total. The predicted octanol–water partition coefficient (Wildman–Crippen LogP) is 6.24. The van der Waals surface area contributed by atoms with Crippen LogP contribution in [0.2, 0.25) is 6.43 Å². The van der Waals surface area contributed by atoms with Gasteiger partial charge in [0.15, 0.2) is 1.41 Å². The fraction of sp³-hybridized carbons (Fsp3) is 0.226. The summed E-state index contributed by atoms with van der Waals surface area (Å²) in [6.07, 6.45) is -1.05. The highest BCUT2D eigenvalue weighted by atomic mass is 35.5. The minimum atomic E-state index is -3.83. The Hall–Kier alpha value is -4.65. The quantitative estimate of drug-likeness (QED) is 0.196. The van der Waals surface area contributed by atoms with Crippen LogP contribution in [0.5, 0.6) is 11.5 Å². The summed E-state index contributed by atoms with van der Waals surface area (Å²) >= 11 is 6.39. The highest BCUT2D eigenvalue weighted by Gasteiger charge is 2.16. The summed E-state index contributed by atoms with van der Waals surface area (Å²) in [5.74, 6) is -4.53. The zero-order valence-electron chi connectivity index (χ0n) is 44.8. The standard InChI is InChI=1S/C31H31ClN6O3/c1-5-40-29-16-26-24(15-27(29)37-30(39)10-7-13-38(3)4)31(21(17-33)18-34-26)36-22-11-12-28(25(32)14-22)41-19-23-9-6-8-20(2)35-23/h6-12,14-16,18H,5,13,19H2,1-4H3,(H,34,36)(H,37,39)/b10-7+/i1D3,3D3,5D2,6D,7D,8D,9D,10D,11D,12D,13D2,14D,15D,16D,18D,19D2/hD. The van der Waals surface area contributed by atoms with Crippen molar-refractivity contribution in [2.24, 2.45) is 0 Å². The molecule has 0 atom stereocenters. The lowest BCUT2D eigenvalue weighted by atomic mass is 10.1. The van der Waals surface area contributed by atoms with Gasteiger partial charge in [-0.3, -0.25) is 14.8 Å². The molecule has 0 aliphatic rings. The molecule has 10 heteroatoms. The van der Waals surface area contributed by atoms with Crippen LogP contribution in [0.4, 0.5) is 17.1 Å². The Morgan fingerprint density at radius 1 is 1.32 bits per heavy atom. The van der Waals surface area contributed by atoms with Gasteiger partial charge >= 0.3 is 0 Å². The van der Waals surface area contributed by atoms with Crippen LogP contribution in [0.3, 0.4) is 0 Å². The van der Waals surface area contributed by atoms with Crippen molar-refractivity contribution >= 4 is 45.5 Å². The number of carbonyl (C=O) groups is 1. The fourth-order valence-corrected chi connectivity index (χ4v) is 3.09. The molecule has 0 fully saturated rings. The van der Waals surface area contributed by atoms with Gasteiger partial charge in [0.1, 0.15) is 24.1 Å². The van der Waals surface area contributed by atoms with E-state index in [1.807, 2.05) is 0 Å². The molecule has 0 radical (unpaired) electrons. The Bertz CT molecular complexity index is 2690. The first-order chi connectivity index (χ1) is 29.4. The molecule has 0 aliphatic heterocycles. The van der Waals surface area contributed by atoms with Crippen LogP contribution in [-0.4, -0.2) is 47.9 Å². The Morgan fingerprint density at radius 2 is 2.20 bits per heavy atom. The molecule has 2 aromatic carbocycles. The number of aromatic nitrogens is 2. The predicted molar refractivity (Wildman–Crippen MR) is 162 cm³/mol. The van der Waals surface area contributed by atoms with E-state index in [1.165, 1.54) is 6.92 Å². The summed E-state index contributed by atoms with van der Waals surface area (Å²) in [4.78, 5) is 21.3. The topological polar surface area (TPSA) is 112 Å². The largest absolute Gasteiger partial charge is 0.492 e. The maximum atomic E-state index is 13.7. The number of rotatable bonds is 11. The lowest BCUT2D eigenvalue weighted by Gasteiger charge is -2.16. The maximum absolute atomic E-state index is 13.7. The Morgan fingerprint density at radius 3 is 3.00 bits per heavy atom. The van der Waals surface area contributed by atoms with Crippen LogP contribution in [0.15, 0.2) is 66.6 Å². The summed E-state index contributed by atoms with van der Waals surface area (Å²) in [6, 6.07) is -9.80. The molecule has 2 heterocycles. The van der Waals surface area contributed by atoms with Gasteiger partial charge in [0.05, 0.1) is 60.3 Å². The number of pyridine rings is 2. The Balaban J connectivity index is 2.08. The van der Waals surface area contributed by atoms with Gasteiger partial charge in [-0.25, -0.2) is 0 Å². The van der Waals surface area contributed by atoms with Gasteiger partial charge in [-0.05, 0) is 64.1 Å². The second kappa shape index (κ2) is 13.6. The van der Waals surface area contributed by atoms with E-state index in [9.17, 15) is 10.1 Å². The van der Waals surface area contributed by atoms with Crippen LogP contribution in [0, 0.1) is 18.3 Å². The molecule has 0 unspecified atom stereocenters. The molecule has 0 saturated heterocycles. The number of hydrogen-bond donors (Lipinski definition) is 2. The first kappa shape index (κ1) is 11.3. The molecule has 0 spiro atoms. The highest BCUT2D eigenvalue weighted by Crippen LogP contribution is 2.37. The summed E-state index contributed by atoms with van der Waals surface area (Å²) in [7, 11) is 0.674. The molecular formula is C31H31ClN6O3. The number of halogens is 1. The van der Waals surface area contributed by atoms with E-state index in [1.54, 1.807) is 6.07 Å². The smallest absolute Gasteiger partial charge is 0.248 e. The third-order valence-corrected chi connectivity index (χ3v) is 4.78. The first-order valence-electron chi connectivity index (χ1n) is 22.9. The van der Waals surface area contributed by atoms with Crippen LogP contribution in [-0.2, 0) is 11.4 Å².